The fourth-order valence-electron chi connectivity index (χ4n) is 2.22. The van der Waals surface area contributed by atoms with E-state index >= 15 is 0 Å². The number of hydrogen-bond acceptors (Lipinski definition) is 7. The van der Waals surface area contributed by atoms with Gasteiger partial charge in [-0.3, -0.25) is 4.72 Å². The van der Waals surface area contributed by atoms with Gasteiger partial charge in [0.25, 0.3) is 10.0 Å². The van der Waals surface area contributed by atoms with E-state index < -0.39 is 19.9 Å². The minimum Gasteiger partial charge on any atom is -0.424 e. The molecule has 1 N–H and O–H groups in total. The van der Waals surface area contributed by atoms with Crippen LogP contribution in [0.25, 0.3) is 0 Å². The molecule has 3 rings (SSSR count). The Morgan fingerprint density at radius 1 is 0.815 bits per heavy atom. The lowest BCUT2D eigenvalue weighted by Gasteiger charge is -2.11. The molecule has 1 heterocycles. The summed E-state index contributed by atoms with van der Waals surface area (Å²) >= 11 is 0. The number of nitrogens with zero attached hydrogens (tertiary/aromatic N) is 2. The van der Waals surface area contributed by atoms with Crippen molar-refractivity contribution < 1.29 is 21.6 Å². The van der Waals surface area contributed by atoms with Gasteiger partial charge in [-0.15, -0.1) is 0 Å². The van der Waals surface area contributed by atoms with Crippen molar-refractivity contribution >= 4 is 25.5 Å². The Balaban J connectivity index is 1.83. The molecule has 0 aliphatic carbocycles. The first kappa shape index (κ1) is 18.8. The summed E-state index contributed by atoms with van der Waals surface area (Å²) in [6, 6.07) is 13.3. The van der Waals surface area contributed by atoms with Crippen LogP contribution in [0.5, 0.6) is 11.8 Å². The third-order valence-corrected chi connectivity index (χ3v) is 6.12. The standard InChI is InChI=1S/C17H15N3O5S2/c1-26(21,22)15-5-2-3-6-16(15)27(23,24)20-13-7-9-14(10-8-13)25-17-18-11-4-12-19-17/h2-12,20H,1H3. The van der Waals surface area contributed by atoms with E-state index in [9.17, 15) is 16.8 Å². The van der Waals surface area contributed by atoms with Gasteiger partial charge in [0.1, 0.15) is 10.6 Å². The topological polar surface area (TPSA) is 115 Å². The van der Waals surface area contributed by atoms with Gasteiger partial charge in [0, 0.05) is 24.3 Å². The lowest BCUT2D eigenvalue weighted by Crippen LogP contribution is -2.16. The molecule has 0 atom stereocenters. The van der Waals surface area contributed by atoms with E-state index in [1.54, 1.807) is 6.07 Å². The van der Waals surface area contributed by atoms with Crippen molar-refractivity contribution in [2.75, 3.05) is 11.0 Å². The van der Waals surface area contributed by atoms with E-state index in [2.05, 4.69) is 14.7 Å². The van der Waals surface area contributed by atoms with Gasteiger partial charge >= 0.3 is 6.01 Å². The molecule has 1 aromatic heterocycles. The van der Waals surface area contributed by atoms with Gasteiger partial charge in [-0.05, 0) is 42.5 Å². The molecule has 0 spiro atoms. The highest BCUT2D eigenvalue weighted by molar-refractivity contribution is 7.95. The Morgan fingerprint density at radius 3 is 2.00 bits per heavy atom. The van der Waals surface area contributed by atoms with Gasteiger partial charge in [0.05, 0.1) is 4.90 Å². The van der Waals surface area contributed by atoms with Crippen molar-refractivity contribution in [3.8, 4) is 11.8 Å². The third-order valence-electron chi connectivity index (χ3n) is 3.40. The minimum absolute atomic E-state index is 0.160. The number of sulfonamides is 1. The fourth-order valence-corrected chi connectivity index (χ4v) is 4.91. The van der Waals surface area contributed by atoms with Gasteiger partial charge in [-0.1, -0.05) is 12.1 Å². The van der Waals surface area contributed by atoms with E-state index in [0.717, 1.165) is 6.26 Å². The Hall–Kier alpha value is -2.98. The second-order valence-electron chi connectivity index (χ2n) is 5.48. The lowest BCUT2D eigenvalue weighted by atomic mass is 10.3. The molecule has 0 amide bonds. The zero-order valence-electron chi connectivity index (χ0n) is 14.1. The number of sulfone groups is 1. The van der Waals surface area contributed by atoms with E-state index in [4.69, 9.17) is 4.74 Å². The number of rotatable bonds is 6. The molecule has 3 aromatic rings. The molecule has 0 aliphatic heterocycles. The predicted octanol–water partition coefficient (Wildman–Crippen LogP) is 2.47. The van der Waals surface area contributed by atoms with Gasteiger partial charge in [0.15, 0.2) is 9.84 Å². The Bertz CT molecular complexity index is 1150. The van der Waals surface area contributed by atoms with Crippen LogP contribution in [0, 0.1) is 0 Å². The normalized spacial score (nSPS) is 11.7. The molecule has 140 valence electrons. The van der Waals surface area contributed by atoms with Crippen molar-refractivity contribution in [1.82, 2.24) is 9.97 Å². The number of nitrogens with one attached hydrogen (secondary N) is 1. The molecular formula is C17H15N3O5S2. The van der Waals surface area contributed by atoms with Crippen LogP contribution in [-0.4, -0.2) is 33.1 Å². The maximum atomic E-state index is 12.6. The summed E-state index contributed by atoms with van der Waals surface area (Å²) < 4.78 is 56.7. The maximum absolute atomic E-state index is 12.6. The van der Waals surface area contributed by atoms with Crippen molar-refractivity contribution in [3.05, 3.63) is 67.0 Å². The predicted molar refractivity (Wildman–Crippen MR) is 98.9 cm³/mol. The van der Waals surface area contributed by atoms with Crippen molar-refractivity contribution in [3.63, 3.8) is 0 Å². The van der Waals surface area contributed by atoms with E-state index in [-0.39, 0.29) is 21.5 Å². The molecule has 0 fully saturated rings. The van der Waals surface area contributed by atoms with Crippen LogP contribution in [0.4, 0.5) is 5.69 Å². The van der Waals surface area contributed by atoms with E-state index in [1.807, 2.05) is 0 Å². The fraction of sp³-hybridized carbons (Fsp3) is 0.0588. The van der Waals surface area contributed by atoms with Gasteiger partial charge < -0.3 is 4.74 Å². The van der Waals surface area contributed by atoms with Crippen LogP contribution < -0.4 is 9.46 Å². The summed E-state index contributed by atoms with van der Waals surface area (Å²) in [6.07, 6.45) is 4.02. The highest BCUT2D eigenvalue weighted by atomic mass is 32.2. The van der Waals surface area contributed by atoms with Gasteiger partial charge in [0.2, 0.25) is 0 Å². The monoisotopic (exact) mass is 405 g/mol. The maximum Gasteiger partial charge on any atom is 0.321 e. The van der Waals surface area contributed by atoms with Crippen molar-refractivity contribution in [2.24, 2.45) is 0 Å². The Kier molecular flexibility index (Phi) is 5.10. The van der Waals surface area contributed by atoms with Crippen LogP contribution >= 0.6 is 0 Å². The third kappa shape index (κ3) is 4.60. The zero-order valence-corrected chi connectivity index (χ0v) is 15.7. The summed E-state index contributed by atoms with van der Waals surface area (Å²) in [7, 11) is -7.80. The SMILES string of the molecule is CS(=O)(=O)c1ccccc1S(=O)(=O)Nc1ccc(Oc2ncccn2)cc1. The van der Waals surface area contributed by atoms with Crippen LogP contribution in [0.3, 0.4) is 0 Å². The molecular weight excluding hydrogens is 390 g/mol. The summed E-state index contributed by atoms with van der Waals surface area (Å²) in [5.41, 5.74) is 0.250. The smallest absolute Gasteiger partial charge is 0.321 e. The van der Waals surface area contributed by atoms with Crippen molar-refractivity contribution in [2.45, 2.75) is 9.79 Å². The summed E-state index contributed by atoms with van der Waals surface area (Å²) in [5.74, 6) is 0.417. The molecule has 27 heavy (non-hydrogen) atoms. The lowest BCUT2D eigenvalue weighted by molar-refractivity contribution is 0.442. The average Bonchev–Trinajstić information content (AvgIpc) is 2.63. The average molecular weight is 405 g/mol. The van der Waals surface area contributed by atoms with E-state index in [1.165, 1.54) is 60.9 Å². The zero-order chi connectivity index (χ0) is 19.5. The number of anilines is 1. The molecule has 0 radical (unpaired) electrons. The first-order chi connectivity index (χ1) is 12.8. The molecule has 0 saturated heterocycles. The summed E-state index contributed by atoms with van der Waals surface area (Å²) in [4.78, 5) is 7.27. The number of benzene rings is 2. The summed E-state index contributed by atoms with van der Waals surface area (Å²) in [5, 5.41) is 0. The Morgan fingerprint density at radius 2 is 1.41 bits per heavy atom. The van der Waals surface area contributed by atoms with Gasteiger partial charge in [-0.2, -0.15) is 0 Å². The highest BCUT2D eigenvalue weighted by Crippen LogP contribution is 2.25. The second kappa shape index (κ2) is 7.33. The first-order valence-electron chi connectivity index (χ1n) is 7.62. The second-order valence-corrected chi connectivity index (χ2v) is 9.12. The molecule has 0 unspecified atom stereocenters. The van der Waals surface area contributed by atoms with E-state index in [0.29, 0.717) is 5.75 Å². The van der Waals surface area contributed by atoms with Crippen LogP contribution in [0.2, 0.25) is 0 Å². The Labute approximate surface area is 156 Å². The number of ether oxygens (including phenoxy) is 1. The highest BCUT2D eigenvalue weighted by Gasteiger charge is 2.23. The molecule has 8 nitrogen and oxygen atoms in total. The largest absolute Gasteiger partial charge is 0.424 e. The minimum atomic E-state index is -4.09. The summed E-state index contributed by atoms with van der Waals surface area (Å²) in [6.45, 7) is 0. The quantitative estimate of drug-likeness (QED) is 0.670. The van der Waals surface area contributed by atoms with Crippen LogP contribution in [0.1, 0.15) is 0 Å². The molecule has 0 aliphatic rings. The first-order valence-corrected chi connectivity index (χ1v) is 11.0. The number of hydrogen-bond donors (Lipinski definition) is 1. The van der Waals surface area contributed by atoms with Gasteiger partial charge in [-0.25, -0.2) is 26.8 Å². The molecule has 2 aromatic carbocycles. The molecule has 0 bridgehead atoms. The van der Waals surface area contributed by atoms with Crippen molar-refractivity contribution in [1.29, 1.82) is 0 Å². The molecule has 10 heteroatoms. The van der Waals surface area contributed by atoms with Crippen LogP contribution in [0.15, 0.2) is 76.8 Å². The van der Waals surface area contributed by atoms with Crippen LogP contribution in [-0.2, 0) is 19.9 Å². The number of aromatic nitrogens is 2. The molecule has 0 saturated carbocycles.